The lowest BCUT2D eigenvalue weighted by molar-refractivity contribution is -0.118. The number of carbonyl (C=O) groups excluding carboxylic acids is 2. The van der Waals surface area contributed by atoms with Gasteiger partial charge in [-0.05, 0) is 48.6 Å². The Morgan fingerprint density at radius 2 is 1.81 bits per heavy atom. The molecule has 0 spiro atoms. The zero-order chi connectivity index (χ0) is 22.2. The average molecular weight is 424 g/mol. The van der Waals surface area contributed by atoms with Crippen molar-refractivity contribution in [3.05, 3.63) is 65.2 Å². The fourth-order valence-corrected chi connectivity index (χ4v) is 3.76. The van der Waals surface area contributed by atoms with Gasteiger partial charge < -0.3 is 15.4 Å². The van der Waals surface area contributed by atoms with E-state index in [1.54, 1.807) is 6.07 Å². The molecule has 1 aliphatic rings. The van der Waals surface area contributed by atoms with E-state index in [1.165, 1.54) is 0 Å². The summed E-state index contributed by atoms with van der Waals surface area (Å²) in [5.74, 6) is -0.153. The van der Waals surface area contributed by atoms with Crippen molar-refractivity contribution in [1.82, 2.24) is 10.2 Å². The molecule has 0 aliphatic carbocycles. The van der Waals surface area contributed by atoms with Crippen LogP contribution in [0.3, 0.4) is 0 Å². The fraction of sp³-hybridized carbons (Fsp3) is 0.440. The lowest BCUT2D eigenvalue weighted by atomic mass is 10.0. The highest BCUT2D eigenvalue weighted by molar-refractivity contribution is 6.01. The van der Waals surface area contributed by atoms with Gasteiger partial charge in [0.05, 0.1) is 13.2 Å². The first-order valence-electron chi connectivity index (χ1n) is 11.0. The van der Waals surface area contributed by atoms with Crippen molar-refractivity contribution in [1.29, 1.82) is 0 Å². The Morgan fingerprint density at radius 1 is 1.06 bits per heavy atom. The van der Waals surface area contributed by atoms with Crippen molar-refractivity contribution in [2.45, 2.75) is 39.8 Å². The van der Waals surface area contributed by atoms with E-state index in [0.29, 0.717) is 12.0 Å². The van der Waals surface area contributed by atoms with E-state index in [2.05, 4.69) is 21.6 Å². The summed E-state index contributed by atoms with van der Waals surface area (Å²) in [5, 5.41) is 5.93. The van der Waals surface area contributed by atoms with E-state index < -0.39 is 6.04 Å². The van der Waals surface area contributed by atoms with Crippen LogP contribution in [-0.2, 0) is 16.1 Å². The largest absolute Gasteiger partial charge is 0.379 e. The number of morpholine rings is 1. The number of ether oxygens (including phenoxy) is 1. The molecule has 1 atom stereocenters. The smallest absolute Gasteiger partial charge is 0.252 e. The van der Waals surface area contributed by atoms with Crippen LogP contribution in [-0.4, -0.2) is 49.1 Å². The van der Waals surface area contributed by atoms with E-state index in [-0.39, 0.29) is 17.7 Å². The van der Waals surface area contributed by atoms with Gasteiger partial charge in [-0.2, -0.15) is 0 Å². The van der Waals surface area contributed by atoms with Gasteiger partial charge in [-0.15, -0.1) is 0 Å². The number of aryl methyl sites for hydroxylation is 1. The van der Waals surface area contributed by atoms with Crippen molar-refractivity contribution in [2.24, 2.45) is 5.92 Å². The Morgan fingerprint density at radius 3 is 2.52 bits per heavy atom. The van der Waals surface area contributed by atoms with Gasteiger partial charge in [0.2, 0.25) is 5.91 Å². The molecule has 2 N–H and O–H groups in total. The van der Waals surface area contributed by atoms with Crippen LogP contribution in [0.5, 0.6) is 0 Å². The third-order valence-electron chi connectivity index (χ3n) is 5.42. The van der Waals surface area contributed by atoms with E-state index in [4.69, 9.17) is 4.74 Å². The molecule has 0 aromatic heterocycles. The summed E-state index contributed by atoms with van der Waals surface area (Å²) in [4.78, 5) is 28.2. The minimum atomic E-state index is -0.602. The SMILES string of the molecule is Cc1ccccc1C(=O)NC(CC(C)C)C(=O)Nc1cccc(CN2CCOCC2)c1. The first-order chi connectivity index (χ1) is 14.9. The van der Waals surface area contributed by atoms with Crippen molar-refractivity contribution < 1.29 is 14.3 Å². The molecule has 1 saturated heterocycles. The van der Waals surface area contributed by atoms with Gasteiger partial charge in [0.1, 0.15) is 6.04 Å². The molecule has 166 valence electrons. The quantitative estimate of drug-likeness (QED) is 0.681. The van der Waals surface area contributed by atoms with Gasteiger partial charge in [-0.1, -0.05) is 44.2 Å². The summed E-state index contributed by atoms with van der Waals surface area (Å²) in [6.07, 6.45) is 0.566. The van der Waals surface area contributed by atoms with Crippen LogP contribution in [0.15, 0.2) is 48.5 Å². The number of benzene rings is 2. The molecule has 1 aliphatic heterocycles. The summed E-state index contributed by atoms with van der Waals surface area (Å²) in [7, 11) is 0. The topological polar surface area (TPSA) is 70.7 Å². The second-order valence-electron chi connectivity index (χ2n) is 8.55. The van der Waals surface area contributed by atoms with Crippen LogP contribution < -0.4 is 10.6 Å². The van der Waals surface area contributed by atoms with Crippen LogP contribution in [0.2, 0.25) is 0 Å². The van der Waals surface area contributed by atoms with Crippen LogP contribution in [0.4, 0.5) is 5.69 Å². The Hall–Kier alpha value is -2.70. The number of nitrogens with zero attached hydrogens (tertiary/aromatic N) is 1. The number of amides is 2. The fourth-order valence-electron chi connectivity index (χ4n) is 3.76. The molecule has 2 aromatic carbocycles. The summed E-state index contributed by atoms with van der Waals surface area (Å²) in [5.41, 5.74) is 3.37. The summed E-state index contributed by atoms with van der Waals surface area (Å²) in [6, 6.07) is 14.7. The Labute approximate surface area is 185 Å². The molecule has 1 fully saturated rings. The molecule has 6 heteroatoms. The van der Waals surface area contributed by atoms with Gasteiger partial charge in [-0.3, -0.25) is 14.5 Å². The van der Waals surface area contributed by atoms with Crippen LogP contribution >= 0.6 is 0 Å². The number of rotatable bonds is 8. The molecule has 2 amide bonds. The monoisotopic (exact) mass is 423 g/mol. The number of nitrogens with one attached hydrogen (secondary N) is 2. The number of hydrogen-bond donors (Lipinski definition) is 2. The first-order valence-corrected chi connectivity index (χ1v) is 11.0. The predicted octanol–water partition coefficient (Wildman–Crippen LogP) is 3.61. The van der Waals surface area contributed by atoms with Crippen molar-refractivity contribution in [2.75, 3.05) is 31.6 Å². The Bertz CT molecular complexity index is 891. The molecule has 6 nitrogen and oxygen atoms in total. The minimum Gasteiger partial charge on any atom is -0.379 e. The van der Waals surface area contributed by atoms with Gasteiger partial charge in [0, 0.05) is 30.9 Å². The minimum absolute atomic E-state index is 0.195. The molecule has 2 aromatic rings. The lowest BCUT2D eigenvalue weighted by Gasteiger charge is -2.26. The summed E-state index contributed by atoms with van der Waals surface area (Å²) >= 11 is 0. The second-order valence-corrected chi connectivity index (χ2v) is 8.55. The maximum absolute atomic E-state index is 13.0. The molecule has 1 heterocycles. The Balaban J connectivity index is 1.66. The van der Waals surface area contributed by atoms with Gasteiger partial charge >= 0.3 is 0 Å². The highest BCUT2D eigenvalue weighted by Crippen LogP contribution is 2.16. The Kier molecular flexibility index (Phi) is 8.20. The van der Waals surface area contributed by atoms with Crippen LogP contribution in [0, 0.1) is 12.8 Å². The lowest BCUT2D eigenvalue weighted by Crippen LogP contribution is -2.44. The van der Waals surface area contributed by atoms with Gasteiger partial charge in [-0.25, -0.2) is 0 Å². The highest BCUT2D eigenvalue weighted by atomic mass is 16.5. The molecule has 1 unspecified atom stereocenters. The molecular weight excluding hydrogens is 390 g/mol. The van der Waals surface area contributed by atoms with Crippen LogP contribution in [0.1, 0.15) is 41.8 Å². The molecule has 0 radical (unpaired) electrons. The van der Waals surface area contributed by atoms with Crippen molar-refractivity contribution >= 4 is 17.5 Å². The zero-order valence-corrected chi connectivity index (χ0v) is 18.7. The third kappa shape index (κ3) is 6.91. The predicted molar refractivity (Wildman–Crippen MR) is 123 cm³/mol. The summed E-state index contributed by atoms with van der Waals surface area (Å²) < 4.78 is 5.41. The average Bonchev–Trinajstić information content (AvgIpc) is 2.74. The zero-order valence-electron chi connectivity index (χ0n) is 18.7. The van der Waals surface area contributed by atoms with Crippen molar-refractivity contribution in [3.8, 4) is 0 Å². The molecule has 0 bridgehead atoms. The van der Waals surface area contributed by atoms with E-state index in [0.717, 1.165) is 49.7 Å². The van der Waals surface area contributed by atoms with E-state index in [1.807, 2.05) is 57.2 Å². The number of hydrogen-bond acceptors (Lipinski definition) is 4. The normalized spacial score (nSPS) is 15.5. The van der Waals surface area contributed by atoms with Gasteiger partial charge in [0.15, 0.2) is 0 Å². The maximum Gasteiger partial charge on any atom is 0.252 e. The molecule has 3 rings (SSSR count). The van der Waals surface area contributed by atoms with Crippen molar-refractivity contribution in [3.63, 3.8) is 0 Å². The molecular formula is C25H33N3O3. The standard InChI is InChI=1S/C25H33N3O3/c1-18(2)15-23(27-24(29)22-10-5-4-7-19(22)3)25(30)26-21-9-6-8-20(16-21)17-28-11-13-31-14-12-28/h4-10,16,18,23H,11-15,17H2,1-3H3,(H,26,30)(H,27,29). The number of carbonyl (C=O) groups is 2. The van der Waals surface area contributed by atoms with E-state index in [9.17, 15) is 9.59 Å². The summed E-state index contributed by atoms with van der Waals surface area (Å²) in [6.45, 7) is 10.2. The first kappa shape index (κ1) is 23.0. The molecule has 31 heavy (non-hydrogen) atoms. The maximum atomic E-state index is 13.0. The van der Waals surface area contributed by atoms with Crippen LogP contribution in [0.25, 0.3) is 0 Å². The van der Waals surface area contributed by atoms with Gasteiger partial charge in [0.25, 0.3) is 5.91 Å². The second kappa shape index (κ2) is 11.1. The highest BCUT2D eigenvalue weighted by Gasteiger charge is 2.23. The van der Waals surface area contributed by atoms with E-state index >= 15 is 0 Å². The molecule has 0 saturated carbocycles. The third-order valence-corrected chi connectivity index (χ3v) is 5.42. The number of anilines is 1.